The number of rotatable bonds is 20. The molecule has 1 unspecified atom stereocenters. The van der Waals surface area contributed by atoms with Crippen LogP contribution in [0.4, 0.5) is 0 Å². The van der Waals surface area contributed by atoms with E-state index in [1.807, 2.05) is 18.2 Å². The Bertz CT molecular complexity index is 596. The van der Waals surface area contributed by atoms with Gasteiger partial charge in [-0.05, 0) is 63.2 Å². The number of hydrogen-bond acceptors (Lipinski definition) is 3. The van der Waals surface area contributed by atoms with Crippen LogP contribution in [0.2, 0.25) is 0 Å². The number of carboxylic acid groups (broad SMARTS) is 1. The van der Waals surface area contributed by atoms with Crippen LogP contribution in [-0.4, -0.2) is 17.2 Å². The predicted molar refractivity (Wildman–Crippen MR) is 131 cm³/mol. The number of allylic oxidation sites excluding steroid dienone is 8. The van der Waals surface area contributed by atoms with E-state index < -0.39 is 5.97 Å². The molecule has 31 heavy (non-hydrogen) atoms. The molecule has 174 valence electrons. The molecule has 0 aromatic heterocycles. The highest BCUT2D eigenvalue weighted by molar-refractivity contribution is 5.66. The molecule has 0 aromatic carbocycles. The minimum atomic E-state index is -0.731. The zero-order chi connectivity index (χ0) is 23.0. The second kappa shape index (κ2) is 22.2. The maximum atomic E-state index is 10.6. The van der Waals surface area contributed by atoms with E-state index in [4.69, 9.17) is 14.6 Å². The monoisotopic (exact) mass is 430 g/mol. The summed E-state index contributed by atoms with van der Waals surface area (Å²) in [5.74, 6) is -0.0125. The van der Waals surface area contributed by atoms with E-state index in [9.17, 15) is 4.79 Å². The molecular formula is C27H42O4. The van der Waals surface area contributed by atoms with E-state index in [-0.39, 0.29) is 12.5 Å². The van der Waals surface area contributed by atoms with Gasteiger partial charge in [0.25, 0.3) is 0 Å². The van der Waals surface area contributed by atoms with Gasteiger partial charge in [-0.25, -0.2) is 0 Å². The first-order chi connectivity index (χ1) is 15.2. The molecule has 0 saturated carbocycles. The third-order valence-corrected chi connectivity index (χ3v) is 4.47. The minimum absolute atomic E-state index is 0.198. The third kappa shape index (κ3) is 19.2. The summed E-state index contributed by atoms with van der Waals surface area (Å²) in [6.07, 6.45) is 28.9. The first kappa shape index (κ1) is 28.5. The SMILES string of the molecule is C=CC=C(OC=CC=CCC=CCC)C(CCCCCCC(=O)O)OC=CCCCC. The lowest BCUT2D eigenvalue weighted by Gasteiger charge is -2.19. The summed E-state index contributed by atoms with van der Waals surface area (Å²) in [5, 5.41) is 8.75. The molecule has 0 radical (unpaired) electrons. The highest BCUT2D eigenvalue weighted by atomic mass is 16.5. The van der Waals surface area contributed by atoms with Gasteiger partial charge in [0, 0.05) is 6.42 Å². The van der Waals surface area contributed by atoms with Crippen molar-refractivity contribution >= 4 is 5.97 Å². The largest absolute Gasteiger partial charge is 0.490 e. The van der Waals surface area contributed by atoms with Crippen molar-refractivity contribution in [1.29, 1.82) is 0 Å². The Morgan fingerprint density at radius 2 is 1.77 bits per heavy atom. The normalized spacial score (nSPS) is 13.5. The molecule has 0 bridgehead atoms. The first-order valence-electron chi connectivity index (χ1n) is 11.6. The molecule has 0 saturated heterocycles. The third-order valence-electron chi connectivity index (χ3n) is 4.47. The maximum absolute atomic E-state index is 10.6. The van der Waals surface area contributed by atoms with Crippen molar-refractivity contribution < 1.29 is 19.4 Å². The fraction of sp³-hybridized carbons (Fsp3) is 0.519. The second-order valence-electron chi connectivity index (χ2n) is 7.28. The topological polar surface area (TPSA) is 55.8 Å². The molecule has 4 nitrogen and oxygen atoms in total. The summed E-state index contributed by atoms with van der Waals surface area (Å²) >= 11 is 0. The molecule has 1 atom stereocenters. The molecule has 0 aliphatic heterocycles. The smallest absolute Gasteiger partial charge is 0.303 e. The summed E-state index contributed by atoms with van der Waals surface area (Å²) in [5.41, 5.74) is 0. The van der Waals surface area contributed by atoms with Crippen LogP contribution in [0.3, 0.4) is 0 Å². The van der Waals surface area contributed by atoms with Crippen LogP contribution in [0.15, 0.2) is 73.5 Å². The van der Waals surface area contributed by atoms with Gasteiger partial charge >= 0.3 is 5.97 Å². The summed E-state index contributed by atoms with van der Waals surface area (Å²) in [4.78, 5) is 10.6. The number of aliphatic carboxylic acids is 1. The van der Waals surface area contributed by atoms with E-state index in [2.05, 4.69) is 44.7 Å². The number of hydrogen-bond donors (Lipinski definition) is 1. The molecule has 0 spiro atoms. The van der Waals surface area contributed by atoms with Gasteiger partial charge in [0.2, 0.25) is 0 Å². The van der Waals surface area contributed by atoms with Gasteiger partial charge in [-0.15, -0.1) is 0 Å². The van der Waals surface area contributed by atoms with Crippen LogP contribution < -0.4 is 0 Å². The maximum Gasteiger partial charge on any atom is 0.303 e. The molecule has 0 aliphatic carbocycles. The lowest BCUT2D eigenvalue weighted by atomic mass is 10.1. The van der Waals surface area contributed by atoms with Crippen molar-refractivity contribution in [2.75, 3.05) is 0 Å². The Balaban J connectivity index is 4.78. The van der Waals surface area contributed by atoms with E-state index in [0.717, 1.165) is 63.5 Å². The average molecular weight is 431 g/mol. The zero-order valence-corrected chi connectivity index (χ0v) is 19.5. The van der Waals surface area contributed by atoms with Crippen LogP contribution in [0, 0.1) is 0 Å². The van der Waals surface area contributed by atoms with Crippen molar-refractivity contribution in [3.63, 3.8) is 0 Å². The van der Waals surface area contributed by atoms with Crippen LogP contribution in [0.1, 0.15) is 84.5 Å². The molecule has 0 aromatic rings. The van der Waals surface area contributed by atoms with Crippen molar-refractivity contribution in [3.8, 4) is 0 Å². The van der Waals surface area contributed by atoms with Crippen molar-refractivity contribution in [2.45, 2.75) is 90.6 Å². The second-order valence-corrected chi connectivity index (χ2v) is 7.28. The van der Waals surface area contributed by atoms with Gasteiger partial charge in [-0.3, -0.25) is 4.79 Å². The molecule has 0 amide bonds. The average Bonchev–Trinajstić information content (AvgIpc) is 2.75. The molecule has 1 N–H and O–H groups in total. The highest BCUT2D eigenvalue weighted by Gasteiger charge is 2.15. The van der Waals surface area contributed by atoms with Gasteiger partial charge in [0.05, 0.1) is 12.5 Å². The summed E-state index contributed by atoms with van der Waals surface area (Å²) < 4.78 is 11.9. The Morgan fingerprint density at radius 1 is 0.968 bits per heavy atom. The number of unbranched alkanes of at least 4 members (excludes halogenated alkanes) is 5. The molecule has 0 aliphatic rings. The molecule has 0 fully saturated rings. The van der Waals surface area contributed by atoms with Gasteiger partial charge in [0.15, 0.2) is 6.10 Å². The Hall–Kier alpha value is -2.49. The summed E-state index contributed by atoms with van der Waals surface area (Å²) in [6, 6.07) is 0. The Labute approximate surface area is 189 Å². The summed E-state index contributed by atoms with van der Waals surface area (Å²) in [7, 11) is 0. The van der Waals surface area contributed by atoms with Crippen LogP contribution in [0.25, 0.3) is 0 Å². The van der Waals surface area contributed by atoms with Gasteiger partial charge in [-0.1, -0.05) is 70.1 Å². The van der Waals surface area contributed by atoms with Crippen molar-refractivity contribution in [1.82, 2.24) is 0 Å². The van der Waals surface area contributed by atoms with E-state index in [1.54, 1.807) is 18.6 Å². The zero-order valence-electron chi connectivity index (χ0n) is 19.5. The van der Waals surface area contributed by atoms with Crippen LogP contribution in [-0.2, 0) is 14.3 Å². The number of carbonyl (C=O) groups is 1. The van der Waals surface area contributed by atoms with E-state index in [0.29, 0.717) is 6.42 Å². The molecule has 4 heteroatoms. The van der Waals surface area contributed by atoms with Gasteiger partial charge in [0.1, 0.15) is 5.76 Å². The van der Waals surface area contributed by atoms with Crippen LogP contribution >= 0.6 is 0 Å². The molecular weight excluding hydrogens is 388 g/mol. The highest BCUT2D eigenvalue weighted by Crippen LogP contribution is 2.19. The Kier molecular flexibility index (Phi) is 20.4. The standard InChI is InChI=1S/C27H42O4/c1-4-7-9-11-12-15-19-24-30-25(20-6-3)26(31-23-18-10-8-5-2)21-16-13-14-17-22-27(28)29/h6-7,9,12,15,18-20,23-24,26H,3-5,8,10-11,13-14,16-17,21-22H2,1-2H3,(H,28,29). The van der Waals surface area contributed by atoms with E-state index >= 15 is 0 Å². The van der Waals surface area contributed by atoms with Gasteiger partial charge < -0.3 is 14.6 Å². The van der Waals surface area contributed by atoms with Gasteiger partial charge in [-0.2, -0.15) is 0 Å². The number of carboxylic acids is 1. The minimum Gasteiger partial charge on any atom is -0.490 e. The molecule has 0 rings (SSSR count). The predicted octanol–water partition coefficient (Wildman–Crippen LogP) is 8.01. The summed E-state index contributed by atoms with van der Waals surface area (Å²) in [6.45, 7) is 8.08. The molecule has 0 heterocycles. The number of ether oxygens (including phenoxy) is 2. The van der Waals surface area contributed by atoms with Crippen LogP contribution in [0.5, 0.6) is 0 Å². The quantitative estimate of drug-likeness (QED) is 0.0919. The first-order valence-corrected chi connectivity index (χ1v) is 11.6. The van der Waals surface area contributed by atoms with Crippen molar-refractivity contribution in [2.24, 2.45) is 0 Å². The fourth-order valence-corrected chi connectivity index (χ4v) is 2.78. The Morgan fingerprint density at radius 3 is 2.48 bits per heavy atom. The van der Waals surface area contributed by atoms with E-state index in [1.165, 1.54) is 0 Å². The lowest BCUT2D eigenvalue weighted by Crippen LogP contribution is -2.14. The van der Waals surface area contributed by atoms with Crippen molar-refractivity contribution in [3.05, 3.63) is 73.5 Å². The lowest BCUT2D eigenvalue weighted by molar-refractivity contribution is -0.137. The fourth-order valence-electron chi connectivity index (χ4n) is 2.78.